The fourth-order valence-corrected chi connectivity index (χ4v) is 2.39. The maximum Gasteiger partial charge on any atom is 0.315 e. The van der Waals surface area contributed by atoms with E-state index < -0.39 is 4.92 Å². The van der Waals surface area contributed by atoms with Crippen LogP contribution in [-0.4, -0.2) is 28.6 Å². The van der Waals surface area contributed by atoms with Crippen molar-refractivity contribution in [3.63, 3.8) is 0 Å². The van der Waals surface area contributed by atoms with Gasteiger partial charge in [0, 0.05) is 11.6 Å². The van der Waals surface area contributed by atoms with Gasteiger partial charge in [0.1, 0.15) is 5.82 Å². The van der Waals surface area contributed by atoms with Crippen LogP contribution in [0.5, 0.6) is 11.5 Å². The summed E-state index contributed by atoms with van der Waals surface area (Å²) in [4.78, 5) is 18.5. The monoisotopic (exact) mass is 313 g/mol. The molecule has 0 atom stereocenters. The Morgan fingerprint density at radius 2 is 2.09 bits per heavy atom. The Labute approximate surface area is 132 Å². The Bertz CT molecular complexity index is 840. The number of fused-ring (bicyclic) bond motifs is 1. The smallest absolute Gasteiger partial charge is 0.315 e. The highest BCUT2D eigenvalue weighted by molar-refractivity contribution is 5.80. The van der Waals surface area contributed by atoms with Gasteiger partial charge < -0.3 is 14.5 Å². The fraction of sp³-hybridized carbons (Fsp3) is 0.188. The number of nitrogens with one attached hydrogen (secondary N) is 1. The Kier molecular flexibility index (Phi) is 3.84. The third-order valence-electron chi connectivity index (χ3n) is 3.40. The van der Waals surface area contributed by atoms with Crippen LogP contribution in [0, 0.1) is 10.1 Å². The van der Waals surface area contributed by atoms with Gasteiger partial charge in [0.25, 0.3) is 0 Å². The number of imidazole rings is 1. The number of nitrogens with zero attached hydrogens (tertiary/aromatic N) is 2. The zero-order valence-corrected chi connectivity index (χ0v) is 12.7. The highest BCUT2D eigenvalue weighted by atomic mass is 16.6. The molecule has 7 nitrogen and oxygen atoms in total. The van der Waals surface area contributed by atoms with Gasteiger partial charge in [0.15, 0.2) is 5.75 Å². The van der Waals surface area contributed by atoms with Gasteiger partial charge in [-0.3, -0.25) is 10.1 Å². The molecular weight excluding hydrogens is 298 g/mol. The number of hydrogen-bond donors (Lipinski definition) is 1. The van der Waals surface area contributed by atoms with Crippen molar-refractivity contribution in [3.8, 4) is 22.9 Å². The molecule has 0 bridgehead atoms. The predicted molar refractivity (Wildman–Crippen MR) is 85.9 cm³/mol. The lowest BCUT2D eigenvalue weighted by atomic mass is 10.1. The SMILES string of the molecule is CCOc1c(OC)cc(-c2nc3ccccc3[nH]2)cc1[N+](=O)[O-]. The molecule has 0 radical (unpaired) electrons. The second-order valence-electron chi connectivity index (χ2n) is 4.82. The minimum atomic E-state index is -0.486. The van der Waals surface area contributed by atoms with E-state index in [1.807, 2.05) is 24.3 Å². The zero-order chi connectivity index (χ0) is 16.4. The standard InChI is InChI=1S/C16H15N3O4/c1-3-23-15-13(19(20)21)8-10(9-14(15)22-2)16-17-11-6-4-5-7-12(11)18-16/h4-9H,3H2,1-2H3,(H,17,18). The fourth-order valence-electron chi connectivity index (χ4n) is 2.39. The van der Waals surface area contributed by atoms with Crippen LogP contribution in [0.4, 0.5) is 5.69 Å². The Morgan fingerprint density at radius 3 is 2.74 bits per heavy atom. The van der Waals surface area contributed by atoms with Crippen LogP contribution in [-0.2, 0) is 0 Å². The van der Waals surface area contributed by atoms with E-state index in [-0.39, 0.29) is 11.4 Å². The second kappa shape index (κ2) is 5.96. The van der Waals surface area contributed by atoms with Crippen LogP contribution in [0.15, 0.2) is 36.4 Å². The third-order valence-corrected chi connectivity index (χ3v) is 3.40. The number of aromatic nitrogens is 2. The molecule has 2 aromatic carbocycles. The van der Waals surface area contributed by atoms with Gasteiger partial charge in [-0.15, -0.1) is 0 Å². The summed E-state index contributed by atoms with van der Waals surface area (Å²) in [5, 5.41) is 11.4. The largest absolute Gasteiger partial charge is 0.493 e. The summed E-state index contributed by atoms with van der Waals surface area (Å²) in [6, 6.07) is 10.7. The number of hydrogen-bond acceptors (Lipinski definition) is 5. The molecule has 0 aliphatic carbocycles. The lowest BCUT2D eigenvalue weighted by Gasteiger charge is -2.10. The number of nitro groups is 1. The van der Waals surface area contributed by atoms with Crippen molar-refractivity contribution in [2.75, 3.05) is 13.7 Å². The van der Waals surface area contributed by atoms with E-state index in [0.717, 1.165) is 11.0 Å². The molecule has 0 saturated heterocycles. The van der Waals surface area contributed by atoms with E-state index in [0.29, 0.717) is 23.7 Å². The number of nitro benzene ring substituents is 1. The van der Waals surface area contributed by atoms with Gasteiger partial charge in [0.05, 0.1) is 29.7 Å². The van der Waals surface area contributed by atoms with Crippen molar-refractivity contribution in [2.45, 2.75) is 6.92 Å². The minimum absolute atomic E-state index is 0.125. The summed E-state index contributed by atoms with van der Waals surface area (Å²) in [5.74, 6) is 0.965. The molecule has 7 heteroatoms. The Hall–Kier alpha value is -3.09. The first-order valence-electron chi connectivity index (χ1n) is 7.08. The highest BCUT2D eigenvalue weighted by Crippen LogP contribution is 2.40. The zero-order valence-electron chi connectivity index (χ0n) is 12.7. The first-order valence-corrected chi connectivity index (χ1v) is 7.08. The summed E-state index contributed by atoms with van der Waals surface area (Å²) < 4.78 is 10.6. The molecule has 3 rings (SSSR count). The van der Waals surface area contributed by atoms with Crippen molar-refractivity contribution >= 4 is 16.7 Å². The molecule has 118 valence electrons. The lowest BCUT2D eigenvalue weighted by molar-refractivity contribution is -0.385. The van der Waals surface area contributed by atoms with Gasteiger partial charge in [-0.1, -0.05) is 12.1 Å². The van der Waals surface area contributed by atoms with Crippen molar-refractivity contribution in [1.29, 1.82) is 0 Å². The third kappa shape index (κ3) is 2.68. The second-order valence-corrected chi connectivity index (χ2v) is 4.82. The van der Waals surface area contributed by atoms with Crippen molar-refractivity contribution in [3.05, 3.63) is 46.5 Å². The van der Waals surface area contributed by atoms with Crippen molar-refractivity contribution in [2.24, 2.45) is 0 Å². The number of rotatable bonds is 5. The molecule has 0 unspecified atom stereocenters. The number of aromatic amines is 1. The summed E-state index contributed by atoms with van der Waals surface area (Å²) in [5.41, 5.74) is 2.06. The number of methoxy groups -OCH3 is 1. The van der Waals surface area contributed by atoms with Crippen LogP contribution in [0.1, 0.15) is 6.92 Å². The normalized spacial score (nSPS) is 10.7. The minimum Gasteiger partial charge on any atom is -0.493 e. The van der Waals surface area contributed by atoms with Gasteiger partial charge in [0.2, 0.25) is 5.75 Å². The van der Waals surface area contributed by atoms with Gasteiger partial charge >= 0.3 is 5.69 Å². The maximum atomic E-state index is 11.4. The number of ether oxygens (including phenoxy) is 2. The average molecular weight is 313 g/mol. The van der Waals surface area contributed by atoms with E-state index in [1.165, 1.54) is 13.2 Å². The van der Waals surface area contributed by atoms with E-state index in [1.54, 1.807) is 13.0 Å². The molecule has 0 aliphatic heterocycles. The van der Waals surface area contributed by atoms with E-state index in [2.05, 4.69) is 9.97 Å². The molecule has 3 aromatic rings. The average Bonchev–Trinajstić information content (AvgIpc) is 2.99. The van der Waals surface area contributed by atoms with Gasteiger partial charge in [-0.05, 0) is 25.1 Å². The molecule has 1 aromatic heterocycles. The lowest BCUT2D eigenvalue weighted by Crippen LogP contribution is -2.01. The van der Waals surface area contributed by atoms with E-state index in [9.17, 15) is 10.1 Å². The molecule has 0 amide bonds. The highest BCUT2D eigenvalue weighted by Gasteiger charge is 2.23. The van der Waals surface area contributed by atoms with Crippen molar-refractivity contribution in [1.82, 2.24) is 9.97 Å². The molecule has 0 spiro atoms. The van der Waals surface area contributed by atoms with Crippen LogP contribution in [0.3, 0.4) is 0 Å². The molecule has 23 heavy (non-hydrogen) atoms. The molecule has 0 saturated carbocycles. The molecule has 1 N–H and O–H groups in total. The summed E-state index contributed by atoms with van der Waals surface area (Å²) >= 11 is 0. The molecule has 0 aliphatic rings. The van der Waals surface area contributed by atoms with E-state index >= 15 is 0 Å². The summed E-state index contributed by atoms with van der Waals surface area (Å²) in [6.45, 7) is 2.07. The molecule has 0 fully saturated rings. The first-order chi connectivity index (χ1) is 11.1. The Balaban J connectivity index is 2.19. The molecule has 1 heterocycles. The first kappa shape index (κ1) is 14.8. The summed E-state index contributed by atoms with van der Waals surface area (Å²) in [6.07, 6.45) is 0. The van der Waals surface area contributed by atoms with Gasteiger partial charge in [-0.2, -0.15) is 0 Å². The predicted octanol–water partition coefficient (Wildman–Crippen LogP) is 3.55. The van der Waals surface area contributed by atoms with Crippen LogP contribution >= 0.6 is 0 Å². The number of benzene rings is 2. The van der Waals surface area contributed by atoms with E-state index in [4.69, 9.17) is 9.47 Å². The van der Waals surface area contributed by atoms with Crippen LogP contribution in [0.25, 0.3) is 22.4 Å². The molecular formula is C16H15N3O4. The van der Waals surface area contributed by atoms with Gasteiger partial charge in [-0.25, -0.2) is 4.98 Å². The number of para-hydroxylation sites is 2. The van der Waals surface area contributed by atoms with Crippen molar-refractivity contribution < 1.29 is 14.4 Å². The number of H-pyrrole nitrogens is 1. The topological polar surface area (TPSA) is 90.3 Å². The summed E-state index contributed by atoms with van der Waals surface area (Å²) in [7, 11) is 1.45. The quantitative estimate of drug-likeness (QED) is 0.574. The van der Waals surface area contributed by atoms with Crippen LogP contribution < -0.4 is 9.47 Å². The Morgan fingerprint density at radius 1 is 1.30 bits per heavy atom. The maximum absolute atomic E-state index is 11.4. The van der Waals surface area contributed by atoms with Crippen LogP contribution in [0.2, 0.25) is 0 Å².